The molecule has 7 nitrogen and oxygen atoms in total. The monoisotopic (exact) mass is 376 g/mol. The molecule has 148 valence electrons. The molecule has 0 bridgehead atoms. The number of nitrogens with zero attached hydrogens (tertiary/aromatic N) is 4. The summed E-state index contributed by atoms with van der Waals surface area (Å²) in [4.78, 5) is 6.59. The highest BCUT2D eigenvalue weighted by Gasteiger charge is 2.36. The van der Waals surface area contributed by atoms with E-state index in [0.29, 0.717) is 19.0 Å². The number of aliphatic imine (C=N–C) groups is 1. The van der Waals surface area contributed by atoms with E-state index in [1.807, 2.05) is 6.92 Å². The van der Waals surface area contributed by atoms with Gasteiger partial charge in [-0.3, -0.25) is 9.58 Å². The number of alkyl halides is 3. The molecule has 1 atom stereocenters. The van der Waals surface area contributed by atoms with E-state index in [1.54, 1.807) is 0 Å². The highest BCUT2D eigenvalue weighted by atomic mass is 19.4. The molecule has 1 fully saturated rings. The Morgan fingerprint density at radius 2 is 2.04 bits per heavy atom. The molecule has 1 aromatic rings. The van der Waals surface area contributed by atoms with Crippen molar-refractivity contribution in [3.63, 3.8) is 0 Å². The Hall–Kier alpha value is -1.81. The van der Waals surface area contributed by atoms with Crippen molar-refractivity contribution in [2.24, 2.45) is 12.0 Å². The Morgan fingerprint density at radius 1 is 1.35 bits per heavy atom. The summed E-state index contributed by atoms with van der Waals surface area (Å²) in [5.41, 5.74) is -0.834. The first-order valence-corrected chi connectivity index (χ1v) is 8.75. The van der Waals surface area contributed by atoms with Gasteiger partial charge in [-0.2, -0.15) is 18.3 Å². The lowest BCUT2D eigenvalue weighted by atomic mass is 10.2. The van der Waals surface area contributed by atoms with Gasteiger partial charge in [-0.15, -0.1) is 0 Å². The third-order valence-electron chi connectivity index (χ3n) is 4.16. The average Bonchev–Trinajstić information content (AvgIpc) is 2.99. The molecule has 1 saturated heterocycles. The second-order valence-electron chi connectivity index (χ2n) is 6.25. The van der Waals surface area contributed by atoms with E-state index in [-0.39, 0.29) is 18.2 Å². The summed E-state index contributed by atoms with van der Waals surface area (Å²) >= 11 is 0. The largest absolute Gasteiger partial charge is 0.435 e. The van der Waals surface area contributed by atoms with Crippen LogP contribution in [0.2, 0.25) is 0 Å². The SMILES string of the molecule is CCNC(=NCc1cn(C)nc1C(F)(F)F)NCC(C)N1CCOCC1. The number of aryl methyl sites for hydroxylation is 1. The first-order valence-electron chi connectivity index (χ1n) is 8.75. The highest BCUT2D eigenvalue weighted by Crippen LogP contribution is 2.30. The van der Waals surface area contributed by atoms with Crippen LogP contribution in [0.25, 0.3) is 0 Å². The van der Waals surface area contributed by atoms with Gasteiger partial charge in [0.2, 0.25) is 0 Å². The quantitative estimate of drug-likeness (QED) is 0.577. The summed E-state index contributed by atoms with van der Waals surface area (Å²) in [7, 11) is 1.47. The molecule has 0 spiro atoms. The van der Waals surface area contributed by atoms with Crippen LogP contribution in [0, 0.1) is 0 Å². The van der Waals surface area contributed by atoms with Crippen LogP contribution >= 0.6 is 0 Å². The molecule has 1 aliphatic heterocycles. The van der Waals surface area contributed by atoms with Crippen LogP contribution in [-0.2, 0) is 24.5 Å². The number of rotatable bonds is 6. The molecule has 2 rings (SSSR count). The molecule has 1 aromatic heterocycles. The fourth-order valence-electron chi connectivity index (χ4n) is 2.79. The van der Waals surface area contributed by atoms with E-state index in [9.17, 15) is 13.2 Å². The van der Waals surface area contributed by atoms with E-state index in [1.165, 1.54) is 13.2 Å². The fraction of sp³-hybridized carbons (Fsp3) is 0.750. The van der Waals surface area contributed by atoms with Crippen molar-refractivity contribution < 1.29 is 17.9 Å². The molecule has 0 aromatic carbocycles. The number of nitrogens with one attached hydrogen (secondary N) is 2. The van der Waals surface area contributed by atoms with Crippen molar-refractivity contribution in [1.82, 2.24) is 25.3 Å². The van der Waals surface area contributed by atoms with Crippen LogP contribution in [0.1, 0.15) is 25.1 Å². The van der Waals surface area contributed by atoms with Crippen molar-refractivity contribution >= 4 is 5.96 Å². The Labute approximate surface area is 151 Å². The summed E-state index contributed by atoms with van der Waals surface area (Å²) < 4.78 is 45.6. The minimum absolute atomic E-state index is 0.0541. The van der Waals surface area contributed by atoms with Gasteiger partial charge in [0.05, 0.1) is 19.8 Å². The van der Waals surface area contributed by atoms with Gasteiger partial charge in [0.1, 0.15) is 0 Å². The number of hydrogen-bond donors (Lipinski definition) is 2. The lowest BCUT2D eigenvalue weighted by Gasteiger charge is -2.32. The third kappa shape index (κ3) is 5.87. The molecular weight excluding hydrogens is 349 g/mol. The van der Waals surface area contributed by atoms with Gasteiger partial charge in [-0.05, 0) is 13.8 Å². The fourth-order valence-corrected chi connectivity index (χ4v) is 2.79. The number of guanidine groups is 1. The van der Waals surface area contributed by atoms with Crippen LogP contribution in [0.5, 0.6) is 0 Å². The van der Waals surface area contributed by atoms with Crippen molar-refractivity contribution in [2.45, 2.75) is 32.6 Å². The zero-order chi connectivity index (χ0) is 19.2. The second-order valence-corrected chi connectivity index (χ2v) is 6.25. The lowest BCUT2D eigenvalue weighted by molar-refractivity contribution is -0.142. The Balaban J connectivity index is 1.98. The maximum Gasteiger partial charge on any atom is 0.435 e. The summed E-state index contributed by atoms with van der Waals surface area (Å²) in [6.45, 7) is 8.38. The first-order chi connectivity index (χ1) is 12.3. The number of aromatic nitrogens is 2. The maximum absolute atomic E-state index is 13.0. The minimum Gasteiger partial charge on any atom is -0.379 e. The predicted octanol–water partition coefficient (Wildman–Crippen LogP) is 1.21. The molecule has 10 heteroatoms. The van der Waals surface area contributed by atoms with Crippen molar-refractivity contribution in [3.8, 4) is 0 Å². The van der Waals surface area contributed by atoms with Gasteiger partial charge >= 0.3 is 6.18 Å². The zero-order valence-electron chi connectivity index (χ0n) is 15.4. The van der Waals surface area contributed by atoms with Crippen LogP contribution in [-0.4, -0.2) is 66.1 Å². The van der Waals surface area contributed by atoms with Crippen molar-refractivity contribution in [1.29, 1.82) is 0 Å². The van der Waals surface area contributed by atoms with Crippen LogP contribution in [0.3, 0.4) is 0 Å². The molecule has 0 saturated carbocycles. The summed E-state index contributed by atoms with van der Waals surface area (Å²) in [5.74, 6) is 0.490. The zero-order valence-corrected chi connectivity index (χ0v) is 15.4. The molecule has 2 N–H and O–H groups in total. The van der Waals surface area contributed by atoms with Gasteiger partial charge in [-0.25, -0.2) is 4.99 Å². The molecule has 1 aliphatic rings. The van der Waals surface area contributed by atoms with Crippen LogP contribution in [0.4, 0.5) is 13.2 Å². The molecule has 26 heavy (non-hydrogen) atoms. The van der Waals surface area contributed by atoms with E-state index in [0.717, 1.165) is 31.0 Å². The van der Waals surface area contributed by atoms with Gasteiger partial charge in [0.15, 0.2) is 11.7 Å². The summed E-state index contributed by atoms with van der Waals surface area (Å²) in [6.07, 6.45) is -3.13. The van der Waals surface area contributed by atoms with E-state index >= 15 is 0 Å². The third-order valence-corrected chi connectivity index (χ3v) is 4.16. The summed E-state index contributed by atoms with van der Waals surface area (Å²) in [6, 6.07) is 0.270. The standard InChI is InChI=1S/C16H27F3N6O/c1-4-20-15(21-9-12(2)25-5-7-26-8-6-25)22-10-13-11-24(3)23-14(13)16(17,18)19/h11-12H,4-10H2,1-3H3,(H2,20,21,22). The van der Waals surface area contributed by atoms with Gasteiger partial charge in [0.25, 0.3) is 0 Å². The Morgan fingerprint density at radius 3 is 2.65 bits per heavy atom. The smallest absolute Gasteiger partial charge is 0.379 e. The number of hydrogen-bond acceptors (Lipinski definition) is 4. The second kappa shape index (κ2) is 9.22. The Bertz CT molecular complexity index is 595. The molecule has 1 unspecified atom stereocenters. The topological polar surface area (TPSA) is 66.7 Å². The number of halogens is 3. The lowest BCUT2D eigenvalue weighted by Crippen LogP contribution is -2.49. The Kier molecular flexibility index (Phi) is 7.27. The highest BCUT2D eigenvalue weighted by molar-refractivity contribution is 5.79. The maximum atomic E-state index is 13.0. The van der Waals surface area contributed by atoms with E-state index < -0.39 is 11.9 Å². The molecule has 0 amide bonds. The predicted molar refractivity (Wildman–Crippen MR) is 92.9 cm³/mol. The number of morpholine rings is 1. The first kappa shape index (κ1) is 20.5. The van der Waals surface area contributed by atoms with Gasteiger partial charge < -0.3 is 15.4 Å². The van der Waals surface area contributed by atoms with Gasteiger partial charge in [0, 0.05) is 51.0 Å². The van der Waals surface area contributed by atoms with Crippen molar-refractivity contribution in [2.75, 3.05) is 39.4 Å². The molecular formula is C16H27F3N6O. The van der Waals surface area contributed by atoms with Crippen LogP contribution < -0.4 is 10.6 Å². The average molecular weight is 376 g/mol. The summed E-state index contributed by atoms with van der Waals surface area (Å²) in [5, 5.41) is 9.77. The molecule has 0 radical (unpaired) electrons. The van der Waals surface area contributed by atoms with E-state index in [2.05, 4.69) is 32.5 Å². The van der Waals surface area contributed by atoms with Gasteiger partial charge in [-0.1, -0.05) is 0 Å². The van der Waals surface area contributed by atoms with E-state index in [4.69, 9.17) is 4.74 Å². The minimum atomic E-state index is -4.48. The van der Waals surface area contributed by atoms with Crippen LogP contribution in [0.15, 0.2) is 11.2 Å². The number of ether oxygens (including phenoxy) is 1. The normalized spacial score (nSPS) is 18.0. The van der Waals surface area contributed by atoms with Crippen molar-refractivity contribution in [3.05, 3.63) is 17.5 Å². The molecule has 2 heterocycles. The molecule has 0 aliphatic carbocycles.